The minimum atomic E-state index is 0.668. The molecule has 0 atom stereocenters. The Balaban J connectivity index is 1.82. The molecule has 1 saturated carbocycles. The van der Waals surface area contributed by atoms with Crippen LogP contribution in [0.4, 0.5) is 0 Å². The first kappa shape index (κ1) is 12.1. The SMILES string of the molecule is Brc1cnn(-c2nc3ccccn3c2CNC2CC2)c1. The van der Waals surface area contributed by atoms with Gasteiger partial charge in [-0.2, -0.15) is 5.10 Å². The minimum absolute atomic E-state index is 0.668. The third-order valence-corrected chi connectivity index (χ3v) is 3.92. The fourth-order valence-corrected chi connectivity index (χ4v) is 2.61. The Bertz CT molecular complexity index is 756. The molecule has 5 nitrogen and oxygen atoms in total. The summed E-state index contributed by atoms with van der Waals surface area (Å²) in [5.74, 6) is 0.884. The van der Waals surface area contributed by atoms with Crippen LogP contribution >= 0.6 is 15.9 Å². The molecule has 1 N–H and O–H groups in total. The average Bonchev–Trinajstić information content (AvgIpc) is 3.07. The number of nitrogens with zero attached hydrogens (tertiary/aromatic N) is 4. The number of fused-ring (bicyclic) bond motifs is 1. The van der Waals surface area contributed by atoms with Gasteiger partial charge < -0.3 is 9.72 Å². The van der Waals surface area contributed by atoms with Crippen molar-refractivity contribution >= 4 is 21.6 Å². The molecule has 3 aromatic heterocycles. The van der Waals surface area contributed by atoms with Crippen LogP contribution in [-0.2, 0) is 6.54 Å². The molecule has 0 saturated heterocycles. The molecule has 0 amide bonds. The molecule has 20 heavy (non-hydrogen) atoms. The summed E-state index contributed by atoms with van der Waals surface area (Å²) in [6, 6.07) is 6.71. The zero-order chi connectivity index (χ0) is 13.5. The van der Waals surface area contributed by atoms with Gasteiger partial charge in [0.15, 0.2) is 5.82 Å². The van der Waals surface area contributed by atoms with Gasteiger partial charge in [0.2, 0.25) is 0 Å². The third kappa shape index (κ3) is 2.14. The molecule has 4 rings (SSSR count). The van der Waals surface area contributed by atoms with E-state index in [1.165, 1.54) is 12.8 Å². The van der Waals surface area contributed by atoms with Gasteiger partial charge in [-0.15, -0.1) is 0 Å². The Labute approximate surface area is 124 Å². The van der Waals surface area contributed by atoms with Crippen LogP contribution in [0.25, 0.3) is 11.5 Å². The van der Waals surface area contributed by atoms with Gasteiger partial charge >= 0.3 is 0 Å². The number of nitrogens with one attached hydrogen (secondary N) is 1. The van der Waals surface area contributed by atoms with Crippen LogP contribution in [-0.4, -0.2) is 25.2 Å². The maximum Gasteiger partial charge on any atom is 0.176 e. The van der Waals surface area contributed by atoms with E-state index >= 15 is 0 Å². The first-order valence-corrected chi connectivity index (χ1v) is 7.50. The summed E-state index contributed by atoms with van der Waals surface area (Å²) in [6.07, 6.45) is 8.32. The summed E-state index contributed by atoms with van der Waals surface area (Å²) in [5, 5.41) is 7.91. The van der Waals surface area contributed by atoms with Crippen LogP contribution < -0.4 is 5.32 Å². The summed E-state index contributed by atoms with van der Waals surface area (Å²) >= 11 is 3.44. The van der Waals surface area contributed by atoms with Crippen molar-refractivity contribution in [1.82, 2.24) is 24.5 Å². The Kier molecular flexibility index (Phi) is 2.85. The number of pyridine rings is 1. The fraction of sp³-hybridized carbons (Fsp3) is 0.286. The predicted molar refractivity (Wildman–Crippen MR) is 79.9 cm³/mol. The van der Waals surface area contributed by atoms with E-state index < -0.39 is 0 Å². The van der Waals surface area contributed by atoms with Gasteiger partial charge in [0, 0.05) is 25.0 Å². The van der Waals surface area contributed by atoms with Gasteiger partial charge in [-0.25, -0.2) is 9.67 Å². The van der Waals surface area contributed by atoms with Crippen molar-refractivity contribution in [3.05, 3.63) is 47.0 Å². The molecule has 0 unspecified atom stereocenters. The topological polar surface area (TPSA) is 47.2 Å². The molecule has 0 aliphatic heterocycles. The quantitative estimate of drug-likeness (QED) is 0.799. The molecule has 1 aliphatic carbocycles. The molecule has 0 aromatic carbocycles. The van der Waals surface area contributed by atoms with E-state index in [0.717, 1.165) is 28.2 Å². The van der Waals surface area contributed by atoms with E-state index in [4.69, 9.17) is 4.98 Å². The van der Waals surface area contributed by atoms with E-state index in [1.807, 2.05) is 35.3 Å². The molecule has 0 bridgehead atoms. The number of halogens is 1. The van der Waals surface area contributed by atoms with Gasteiger partial charge in [0.1, 0.15) is 5.65 Å². The van der Waals surface area contributed by atoms with Gasteiger partial charge in [0.25, 0.3) is 0 Å². The lowest BCUT2D eigenvalue weighted by Crippen LogP contribution is -2.18. The molecular formula is C14H14BrN5. The highest BCUT2D eigenvalue weighted by atomic mass is 79.9. The van der Waals surface area contributed by atoms with Crippen LogP contribution in [0, 0.1) is 0 Å². The van der Waals surface area contributed by atoms with Crippen molar-refractivity contribution in [3.63, 3.8) is 0 Å². The van der Waals surface area contributed by atoms with Crippen LogP contribution in [0.2, 0.25) is 0 Å². The van der Waals surface area contributed by atoms with Crippen molar-refractivity contribution in [2.24, 2.45) is 0 Å². The van der Waals surface area contributed by atoms with Crippen molar-refractivity contribution < 1.29 is 0 Å². The van der Waals surface area contributed by atoms with Crippen LogP contribution in [0.3, 0.4) is 0 Å². The Morgan fingerprint density at radius 1 is 1.35 bits per heavy atom. The molecule has 6 heteroatoms. The van der Waals surface area contributed by atoms with Crippen LogP contribution in [0.5, 0.6) is 0 Å². The smallest absolute Gasteiger partial charge is 0.176 e. The number of imidazole rings is 1. The minimum Gasteiger partial charge on any atom is -0.308 e. The molecule has 0 spiro atoms. The number of hydrogen-bond acceptors (Lipinski definition) is 3. The lowest BCUT2D eigenvalue weighted by atomic mass is 10.4. The highest BCUT2D eigenvalue weighted by molar-refractivity contribution is 9.10. The standard InChI is InChI=1S/C14H14BrN5/c15-10-7-17-20(9-10)14-12(8-16-11-4-5-11)19-6-2-1-3-13(19)18-14/h1-3,6-7,9,11,16H,4-5,8H2. The van der Waals surface area contributed by atoms with Crippen LogP contribution in [0.15, 0.2) is 41.3 Å². The highest BCUT2D eigenvalue weighted by Gasteiger charge is 2.22. The predicted octanol–water partition coefficient (Wildman–Crippen LogP) is 2.53. The van der Waals surface area contributed by atoms with E-state index in [9.17, 15) is 0 Å². The van der Waals surface area contributed by atoms with E-state index in [1.54, 1.807) is 6.20 Å². The molecule has 3 aromatic rings. The highest BCUT2D eigenvalue weighted by Crippen LogP contribution is 2.22. The van der Waals surface area contributed by atoms with Crippen LogP contribution in [0.1, 0.15) is 18.5 Å². The maximum absolute atomic E-state index is 4.70. The van der Waals surface area contributed by atoms with E-state index in [2.05, 4.69) is 30.7 Å². The van der Waals surface area contributed by atoms with E-state index in [-0.39, 0.29) is 0 Å². The average molecular weight is 332 g/mol. The van der Waals surface area contributed by atoms with Gasteiger partial charge in [0.05, 0.1) is 16.4 Å². The molecular weight excluding hydrogens is 318 g/mol. The Morgan fingerprint density at radius 2 is 2.25 bits per heavy atom. The number of rotatable bonds is 4. The van der Waals surface area contributed by atoms with E-state index in [0.29, 0.717) is 6.04 Å². The summed E-state index contributed by atoms with van der Waals surface area (Å²) in [5.41, 5.74) is 2.09. The fourth-order valence-electron chi connectivity index (χ4n) is 2.33. The molecule has 1 fully saturated rings. The summed E-state index contributed by atoms with van der Waals surface area (Å²) < 4.78 is 4.90. The molecule has 1 aliphatic rings. The molecule has 102 valence electrons. The molecule has 3 heterocycles. The van der Waals surface area contributed by atoms with Crippen molar-refractivity contribution in [2.45, 2.75) is 25.4 Å². The summed E-state index contributed by atoms with van der Waals surface area (Å²) in [6.45, 7) is 0.808. The Morgan fingerprint density at radius 3 is 3.00 bits per heavy atom. The summed E-state index contributed by atoms with van der Waals surface area (Å²) in [7, 11) is 0. The number of aromatic nitrogens is 4. The van der Waals surface area contributed by atoms with Crippen molar-refractivity contribution in [1.29, 1.82) is 0 Å². The van der Waals surface area contributed by atoms with Gasteiger partial charge in [-0.3, -0.25) is 0 Å². The van der Waals surface area contributed by atoms with Gasteiger partial charge in [-0.1, -0.05) is 6.07 Å². The second-order valence-corrected chi connectivity index (χ2v) is 5.98. The lowest BCUT2D eigenvalue weighted by Gasteiger charge is -2.06. The lowest BCUT2D eigenvalue weighted by molar-refractivity contribution is 0.662. The number of hydrogen-bond donors (Lipinski definition) is 1. The van der Waals surface area contributed by atoms with Gasteiger partial charge in [-0.05, 0) is 40.9 Å². The zero-order valence-electron chi connectivity index (χ0n) is 10.8. The largest absolute Gasteiger partial charge is 0.308 e. The molecule has 0 radical (unpaired) electrons. The second-order valence-electron chi connectivity index (χ2n) is 5.07. The first-order chi connectivity index (χ1) is 9.81. The monoisotopic (exact) mass is 331 g/mol. The van der Waals surface area contributed by atoms with Crippen molar-refractivity contribution in [2.75, 3.05) is 0 Å². The third-order valence-electron chi connectivity index (χ3n) is 3.51. The van der Waals surface area contributed by atoms with Crippen molar-refractivity contribution in [3.8, 4) is 5.82 Å². The maximum atomic E-state index is 4.70. The first-order valence-electron chi connectivity index (χ1n) is 6.71. The second kappa shape index (κ2) is 4.71. The Hall–Kier alpha value is -1.66. The summed E-state index contributed by atoms with van der Waals surface area (Å²) in [4.78, 5) is 4.70. The zero-order valence-corrected chi connectivity index (χ0v) is 12.4. The normalized spacial score (nSPS) is 15.1.